The summed E-state index contributed by atoms with van der Waals surface area (Å²) in [5.74, 6) is 0.423. The number of fused-ring (bicyclic) bond motifs is 1. The third-order valence-electron chi connectivity index (χ3n) is 5.75. The average molecular weight is 422 g/mol. The lowest BCUT2D eigenvalue weighted by molar-refractivity contribution is -0.116. The highest BCUT2D eigenvalue weighted by Crippen LogP contribution is 2.38. The Morgan fingerprint density at radius 2 is 2.10 bits per heavy atom. The van der Waals surface area contributed by atoms with Gasteiger partial charge in [-0.15, -0.1) is 0 Å². The molecule has 0 saturated carbocycles. The first-order valence-corrected chi connectivity index (χ1v) is 10.9. The van der Waals surface area contributed by atoms with E-state index in [0.29, 0.717) is 23.6 Å². The summed E-state index contributed by atoms with van der Waals surface area (Å²) in [4.78, 5) is 25.4. The van der Waals surface area contributed by atoms with Crippen LogP contribution in [0, 0.1) is 0 Å². The van der Waals surface area contributed by atoms with Crippen LogP contribution in [0.25, 0.3) is 5.76 Å². The van der Waals surface area contributed by atoms with Gasteiger partial charge >= 0.3 is 0 Å². The van der Waals surface area contributed by atoms with Crippen LogP contribution < -0.4 is 10.6 Å². The van der Waals surface area contributed by atoms with E-state index in [1.165, 1.54) is 5.56 Å². The normalized spacial score (nSPS) is 22.3. The first-order valence-electron chi connectivity index (χ1n) is 10.9. The summed E-state index contributed by atoms with van der Waals surface area (Å²) >= 11 is 0. The van der Waals surface area contributed by atoms with Gasteiger partial charge in [0.25, 0.3) is 5.91 Å². The van der Waals surface area contributed by atoms with Gasteiger partial charge < -0.3 is 20.3 Å². The minimum absolute atomic E-state index is 0.186. The van der Waals surface area contributed by atoms with Gasteiger partial charge in [0.2, 0.25) is 6.41 Å². The second-order valence-electron chi connectivity index (χ2n) is 7.49. The molecular formula is C25H31N3O3. The average Bonchev–Trinajstić information content (AvgIpc) is 3.50. The summed E-state index contributed by atoms with van der Waals surface area (Å²) < 4.78 is 5.93. The number of carbonyl (C=O) groups is 2. The molecule has 0 bridgehead atoms. The highest BCUT2D eigenvalue weighted by Gasteiger charge is 2.32. The van der Waals surface area contributed by atoms with Crippen LogP contribution in [0.4, 0.5) is 0 Å². The molecule has 1 fully saturated rings. The smallest absolute Gasteiger partial charge is 0.260 e. The van der Waals surface area contributed by atoms with E-state index < -0.39 is 0 Å². The second-order valence-corrected chi connectivity index (χ2v) is 7.49. The Balaban J connectivity index is 0.00000132. The van der Waals surface area contributed by atoms with Crippen molar-refractivity contribution >= 4 is 18.1 Å². The minimum Gasteiger partial charge on any atom is -0.487 e. The van der Waals surface area contributed by atoms with Crippen molar-refractivity contribution < 1.29 is 14.3 Å². The molecule has 3 aliphatic rings. The molecule has 1 saturated heterocycles. The minimum atomic E-state index is -0.186. The van der Waals surface area contributed by atoms with Crippen LogP contribution in [0.1, 0.15) is 37.0 Å². The lowest BCUT2D eigenvalue weighted by Gasteiger charge is -2.15. The lowest BCUT2D eigenvalue weighted by atomic mass is 9.98. The zero-order valence-electron chi connectivity index (χ0n) is 18.4. The summed E-state index contributed by atoms with van der Waals surface area (Å²) in [5, 5.41) is 5.68. The number of amides is 2. The Morgan fingerprint density at radius 1 is 1.29 bits per heavy atom. The second kappa shape index (κ2) is 10.3. The molecule has 164 valence electrons. The van der Waals surface area contributed by atoms with E-state index in [1.54, 1.807) is 12.2 Å². The van der Waals surface area contributed by atoms with Crippen molar-refractivity contribution in [3.05, 3.63) is 77.0 Å². The number of hydrogen-bond donors (Lipinski definition) is 2. The number of nitrogens with zero attached hydrogens (tertiary/aromatic N) is 1. The quantitative estimate of drug-likeness (QED) is 0.524. The molecule has 4 rings (SSSR count). The number of rotatable bonds is 7. The Bertz CT molecular complexity index is 945. The highest BCUT2D eigenvalue weighted by atomic mass is 16.5. The van der Waals surface area contributed by atoms with E-state index in [9.17, 15) is 9.59 Å². The predicted molar refractivity (Wildman–Crippen MR) is 123 cm³/mol. The summed E-state index contributed by atoms with van der Waals surface area (Å²) in [6.07, 6.45) is 6.01. The molecule has 6 heteroatoms. The van der Waals surface area contributed by atoms with Gasteiger partial charge in [0, 0.05) is 48.1 Å². The molecule has 31 heavy (non-hydrogen) atoms. The molecule has 2 amide bonds. The molecule has 3 aliphatic heterocycles. The Morgan fingerprint density at radius 3 is 2.81 bits per heavy atom. The van der Waals surface area contributed by atoms with Crippen molar-refractivity contribution in [3.8, 4) is 0 Å². The number of benzene rings is 1. The van der Waals surface area contributed by atoms with Crippen molar-refractivity contribution in [3.63, 3.8) is 0 Å². The third kappa shape index (κ3) is 4.64. The third-order valence-corrected chi connectivity index (χ3v) is 5.75. The van der Waals surface area contributed by atoms with Gasteiger partial charge in [-0.05, 0) is 24.5 Å². The Kier molecular flexibility index (Phi) is 7.47. The van der Waals surface area contributed by atoms with Crippen molar-refractivity contribution in [2.75, 3.05) is 19.6 Å². The molecule has 1 aromatic carbocycles. The maximum atomic E-state index is 12.5. The van der Waals surface area contributed by atoms with Crippen LogP contribution in [0.5, 0.6) is 0 Å². The summed E-state index contributed by atoms with van der Waals surface area (Å²) in [6, 6.07) is 6.57. The maximum absolute atomic E-state index is 12.5. The fourth-order valence-corrected chi connectivity index (χ4v) is 4.24. The summed E-state index contributed by atoms with van der Waals surface area (Å²) in [7, 11) is 0. The van der Waals surface area contributed by atoms with Crippen LogP contribution in [-0.4, -0.2) is 42.9 Å². The molecule has 0 spiro atoms. The van der Waals surface area contributed by atoms with E-state index >= 15 is 0 Å². The van der Waals surface area contributed by atoms with Crippen LogP contribution in [0.3, 0.4) is 0 Å². The SMILES string of the molecule is C=CC1=C(C=C)/C(=C2\OCc3cc(CCN4CCC(NC=O)C4)ccc32)C(=O)N1.CC. The summed E-state index contributed by atoms with van der Waals surface area (Å²) in [6.45, 7) is 14.9. The van der Waals surface area contributed by atoms with Gasteiger partial charge in [0.15, 0.2) is 0 Å². The van der Waals surface area contributed by atoms with E-state index in [1.807, 2.05) is 19.9 Å². The molecule has 1 atom stereocenters. The number of allylic oxidation sites excluding steroid dienone is 2. The van der Waals surface area contributed by atoms with Gasteiger partial charge in [-0.25, -0.2) is 0 Å². The first kappa shape index (κ1) is 22.6. The standard InChI is InChI=1S/C23H25N3O3.C2H6/c1-3-18-20(4-2)25-23(28)21(18)22-19-6-5-15(11-16(19)13-29-22)7-9-26-10-8-17(12-26)24-14-27;1-2/h3-6,11,14,17H,1-2,7-10,12-13H2,(H,24,27)(H,25,28);1-2H3/b22-21+;. The monoisotopic (exact) mass is 421 g/mol. The van der Waals surface area contributed by atoms with Gasteiger partial charge in [-0.2, -0.15) is 0 Å². The number of carbonyl (C=O) groups excluding carboxylic acids is 2. The number of ether oxygens (including phenoxy) is 1. The molecule has 1 aromatic rings. The Labute approximate surface area is 184 Å². The number of likely N-dealkylation sites (tertiary alicyclic amines) is 1. The lowest BCUT2D eigenvalue weighted by Crippen LogP contribution is -2.32. The first-order chi connectivity index (χ1) is 15.1. The fraction of sp³-hybridized carbons (Fsp3) is 0.360. The van der Waals surface area contributed by atoms with Crippen molar-refractivity contribution in [2.24, 2.45) is 0 Å². The van der Waals surface area contributed by atoms with Gasteiger partial charge in [-0.1, -0.05) is 51.3 Å². The highest BCUT2D eigenvalue weighted by molar-refractivity contribution is 6.09. The maximum Gasteiger partial charge on any atom is 0.260 e. The molecule has 0 aromatic heterocycles. The van der Waals surface area contributed by atoms with Gasteiger partial charge in [0.05, 0.1) is 5.57 Å². The van der Waals surface area contributed by atoms with E-state index in [4.69, 9.17) is 4.74 Å². The molecule has 2 N–H and O–H groups in total. The topological polar surface area (TPSA) is 70.7 Å². The van der Waals surface area contributed by atoms with E-state index in [2.05, 4.69) is 40.8 Å². The molecule has 6 nitrogen and oxygen atoms in total. The van der Waals surface area contributed by atoms with Gasteiger partial charge in [-0.3, -0.25) is 9.59 Å². The molecule has 0 radical (unpaired) electrons. The molecule has 1 unspecified atom stereocenters. The largest absolute Gasteiger partial charge is 0.487 e. The van der Waals surface area contributed by atoms with Crippen LogP contribution in [-0.2, 0) is 27.4 Å². The zero-order valence-corrected chi connectivity index (χ0v) is 18.4. The van der Waals surface area contributed by atoms with E-state index in [0.717, 1.165) is 55.6 Å². The van der Waals surface area contributed by atoms with Crippen molar-refractivity contribution in [1.29, 1.82) is 0 Å². The van der Waals surface area contributed by atoms with Gasteiger partial charge in [0.1, 0.15) is 12.4 Å². The van der Waals surface area contributed by atoms with Crippen molar-refractivity contribution in [1.82, 2.24) is 15.5 Å². The zero-order chi connectivity index (χ0) is 22.4. The van der Waals surface area contributed by atoms with Crippen molar-refractivity contribution in [2.45, 2.75) is 39.3 Å². The van der Waals surface area contributed by atoms with Crippen LogP contribution in [0.15, 0.2) is 60.4 Å². The van der Waals surface area contributed by atoms with E-state index in [-0.39, 0.29) is 11.9 Å². The molecular weight excluding hydrogens is 390 g/mol. The Hall–Kier alpha value is -3.12. The predicted octanol–water partition coefficient (Wildman–Crippen LogP) is 3.07. The fourth-order valence-electron chi connectivity index (χ4n) is 4.24. The van der Waals surface area contributed by atoms with Crippen LogP contribution >= 0.6 is 0 Å². The number of hydrogen-bond acceptors (Lipinski definition) is 4. The van der Waals surface area contributed by atoms with Crippen LogP contribution in [0.2, 0.25) is 0 Å². The summed E-state index contributed by atoms with van der Waals surface area (Å²) in [5.41, 5.74) is 5.20. The molecule has 3 heterocycles. The number of nitrogens with one attached hydrogen (secondary N) is 2. The molecule has 0 aliphatic carbocycles.